The van der Waals surface area contributed by atoms with Gasteiger partial charge in [0.25, 0.3) is 10.0 Å². The van der Waals surface area contributed by atoms with Crippen LogP contribution in [0.1, 0.15) is 23.2 Å². The van der Waals surface area contributed by atoms with E-state index in [0.29, 0.717) is 5.56 Å². The van der Waals surface area contributed by atoms with Crippen LogP contribution in [-0.2, 0) is 22.9 Å². The molecular formula is C17H15F3N2O2S. The Bertz CT molecular complexity index is 953. The molecule has 0 aliphatic heterocycles. The summed E-state index contributed by atoms with van der Waals surface area (Å²) in [6.07, 6.45) is -4.47. The van der Waals surface area contributed by atoms with Gasteiger partial charge in [-0.2, -0.15) is 18.4 Å². The van der Waals surface area contributed by atoms with Crippen molar-refractivity contribution in [3.8, 4) is 6.07 Å². The minimum absolute atomic E-state index is 0.00311. The highest BCUT2D eigenvalue weighted by molar-refractivity contribution is 7.90. The summed E-state index contributed by atoms with van der Waals surface area (Å²) in [5, 5.41) is 9.15. The summed E-state index contributed by atoms with van der Waals surface area (Å²) in [6.45, 7) is 1.80. The number of aromatic nitrogens is 1. The molecule has 1 aliphatic carbocycles. The summed E-state index contributed by atoms with van der Waals surface area (Å²) >= 11 is 0. The van der Waals surface area contributed by atoms with Crippen molar-refractivity contribution < 1.29 is 21.6 Å². The number of hydrogen-bond donors (Lipinski definition) is 0. The molecular weight excluding hydrogens is 353 g/mol. The van der Waals surface area contributed by atoms with E-state index in [1.165, 1.54) is 30.5 Å². The standard InChI is InChI=1S/C17H15F3N2O2S/c1-12-2-4-14(5-3-12)25(23,24)22-9-7-13-6-8-16(11-21,10-15(13)22)17(18,19)20/h2-5,7,9H,6,8,10H2,1H3. The molecule has 1 heterocycles. The third-order valence-corrected chi connectivity index (χ3v) is 6.40. The van der Waals surface area contributed by atoms with Crippen LogP contribution in [0.3, 0.4) is 0 Å². The molecule has 1 aromatic carbocycles. The fraction of sp³-hybridized carbons (Fsp3) is 0.353. The third-order valence-electron chi connectivity index (χ3n) is 4.67. The molecule has 2 aromatic rings. The predicted octanol–water partition coefficient (Wildman–Crippen LogP) is 3.59. The molecule has 1 aromatic heterocycles. The van der Waals surface area contributed by atoms with Crippen LogP contribution < -0.4 is 0 Å². The van der Waals surface area contributed by atoms with Crippen LogP contribution in [0, 0.1) is 23.7 Å². The summed E-state index contributed by atoms with van der Waals surface area (Å²) in [5.74, 6) is 0. The zero-order valence-corrected chi connectivity index (χ0v) is 14.2. The molecule has 1 aliphatic rings. The van der Waals surface area contributed by atoms with Crippen LogP contribution in [0.5, 0.6) is 0 Å². The van der Waals surface area contributed by atoms with Gasteiger partial charge in [0, 0.05) is 18.3 Å². The largest absolute Gasteiger partial charge is 0.407 e. The highest BCUT2D eigenvalue weighted by Gasteiger charge is 2.57. The first-order valence-electron chi connectivity index (χ1n) is 7.60. The molecule has 0 spiro atoms. The molecule has 8 heteroatoms. The first-order valence-corrected chi connectivity index (χ1v) is 9.04. The molecule has 0 fully saturated rings. The van der Waals surface area contributed by atoms with E-state index in [1.807, 2.05) is 0 Å². The van der Waals surface area contributed by atoms with Crippen molar-refractivity contribution in [3.63, 3.8) is 0 Å². The van der Waals surface area contributed by atoms with Gasteiger partial charge in [-0.15, -0.1) is 0 Å². The zero-order valence-electron chi connectivity index (χ0n) is 13.3. The van der Waals surface area contributed by atoms with Gasteiger partial charge < -0.3 is 0 Å². The number of aryl methyl sites for hydroxylation is 2. The van der Waals surface area contributed by atoms with Crippen molar-refractivity contribution >= 4 is 10.0 Å². The lowest BCUT2D eigenvalue weighted by Gasteiger charge is -2.33. The van der Waals surface area contributed by atoms with Gasteiger partial charge in [-0.1, -0.05) is 17.7 Å². The number of nitrogens with zero attached hydrogens (tertiary/aromatic N) is 2. The normalized spacial score (nSPS) is 20.8. The van der Waals surface area contributed by atoms with Crippen LogP contribution in [-0.4, -0.2) is 18.6 Å². The quantitative estimate of drug-likeness (QED) is 0.814. The third kappa shape index (κ3) is 2.72. The summed E-state index contributed by atoms with van der Waals surface area (Å²) < 4.78 is 66.8. The Morgan fingerprint density at radius 1 is 1.20 bits per heavy atom. The summed E-state index contributed by atoms with van der Waals surface area (Å²) in [5.41, 5.74) is -1.12. The molecule has 25 heavy (non-hydrogen) atoms. The SMILES string of the molecule is Cc1ccc(S(=O)(=O)n2ccc3c2CC(C#N)(C(F)(F)F)CC3)cc1. The Hall–Kier alpha value is -2.27. The van der Waals surface area contributed by atoms with E-state index in [9.17, 15) is 21.6 Å². The lowest BCUT2D eigenvalue weighted by atomic mass is 9.74. The molecule has 0 radical (unpaired) electrons. The second-order valence-corrected chi connectivity index (χ2v) is 8.08. The summed E-state index contributed by atoms with van der Waals surface area (Å²) in [7, 11) is -4.02. The van der Waals surface area contributed by atoms with Gasteiger partial charge in [0.05, 0.1) is 11.0 Å². The molecule has 1 atom stereocenters. The van der Waals surface area contributed by atoms with E-state index in [-0.39, 0.29) is 23.4 Å². The van der Waals surface area contributed by atoms with Crippen molar-refractivity contribution in [2.24, 2.45) is 5.41 Å². The Morgan fingerprint density at radius 2 is 1.84 bits per heavy atom. The van der Waals surface area contributed by atoms with Crippen LogP contribution in [0.4, 0.5) is 13.2 Å². The smallest absolute Gasteiger partial charge is 0.246 e. The number of fused-ring (bicyclic) bond motifs is 1. The molecule has 0 amide bonds. The van der Waals surface area contributed by atoms with Crippen molar-refractivity contribution in [2.45, 2.75) is 37.3 Å². The van der Waals surface area contributed by atoms with Crippen LogP contribution in [0.25, 0.3) is 0 Å². The van der Waals surface area contributed by atoms with Gasteiger partial charge in [-0.3, -0.25) is 0 Å². The average Bonchev–Trinajstić information content (AvgIpc) is 2.97. The van der Waals surface area contributed by atoms with Crippen molar-refractivity contribution in [3.05, 3.63) is 53.3 Å². The molecule has 0 N–H and O–H groups in total. The number of rotatable bonds is 2. The molecule has 132 valence electrons. The second-order valence-electron chi connectivity index (χ2n) is 6.27. The van der Waals surface area contributed by atoms with E-state index in [1.54, 1.807) is 19.1 Å². The van der Waals surface area contributed by atoms with Gasteiger partial charge in [0.2, 0.25) is 0 Å². The number of benzene rings is 1. The Labute approximate surface area is 143 Å². The van der Waals surface area contributed by atoms with Crippen LogP contribution in [0.15, 0.2) is 41.4 Å². The maximum Gasteiger partial charge on any atom is 0.407 e. The number of alkyl halides is 3. The van der Waals surface area contributed by atoms with Crippen LogP contribution in [0.2, 0.25) is 0 Å². The topological polar surface area (TPSA) is 62.9 Å². The van der Waals surface area contributed by atoms with Gasteiger partial charge >= 0.3 is 6.18 Å². The van der Waals surface area contributed by atoms with E-state index < -0.39 is 28.0 Å². The highest BCUT2D eigenvalue weighted by atomic mass is 32.2. The second kappa shape index (κ2) is 5.63. The van der Waals surface area contributed by atoms with E-state index in [4.69, 9.17) is 5.26 Å². The minimum Gasteiger partial charge on any atom is -0.246 e. The van der Waals surface area contributed by atoms with Gasteiger partial charge in [-0.05, 0) is 43.5 Å². The van der Waals surface area contributed by atoms with E-state index in [2.05, 4.69) is 0 Å². The molecule has 0 saturated heterocycles. The highest BCUT2D eigenvalue weighted by Crippen LogP contribution is 2.47. The lowest BCUT2D eigenvalue weighted by Crippen LogP contribution is -2.42. The fourth-order valence-electron chi connectivity index (χ4n) is 3.08. The van der Waals surface area contributed by atoms with E-state index >= 15 is 0 Å². The molecule has 0 bridgehead atoms. The fourth-order valence-corrected chi connectivity index (χ4v) is 4.48. The summed E-state index contributed by atoms with van der Waals surface area (Å²) in [6, 6.07) is 8.98. The maximum atomic E-state index is 13.4. The Morgan fingerprint density at radius 3 is 2.40 bits per heavy atom. The molecule has 3 rings (SSSR count). The molecule has 1 unspecified atom stereocenters. The first-order chi connectivity index (χ1) is 11.6. The maximum absolute atomic E-state index is 13.4. The van der Waals surface area contributed by atoms with Gasteiger partial charge in [0.15, 0.2) is 5.41 Å². The monoisotopic (exact) mass is 368 g/mol. The van der Waals surface area contributed by atoms with Crippen LogP contribution >= 0.6 is 0 Å². The van der Waals surface area contributed by atoms with Gasteiger partial charge in [-0.25, -0.2) is 12.4 Å². The van der Waals surface area contributed by atoms with Gasteiger partial charge in [0.1, 0.15) is 0 Å². The molecule has 4 nitrogen and oxygen atoms in total. The Balaban J connectivity index is 2.10. The Kier molecular flexibility index (Phi) is 3.95. The first kappa shape index (κ1) is 17.5. The van der Waals surface area contributed by atoms with Crippen molar-refractivity contribution in [2.75, 3.05) is 0 Å². The number of nitriles is 1. The minimum atomic E-state index is -4.72. The average molecular weight is 368 g/mol. The summed E-state index contributed by atoms with van der Waals surface area (Å²) in [4.78, 5) is -0.00311. The van der Waals surface area contributed by atoms with Crippen molar-refractivity contribution in [1.29, 1.82) is 5.26 Å². The lowest BCUT2D eigenvalue weighted by molar-refractivity contribution is -0.206. The molecule has 0 saturated carbocycles. The zero-order chi connectivity index (χ0) is 18.5. The number of halogens is 3. The van der Waals surface area contributed by atoms with Crippen molar-refractivity contribution in [1.82, 2.24) is 3.97 Å². The predicted molar refractivity (Wildman–Crippen MR) is 84.3 cm³/mol. The van der Waals surface area contributed by atoms with E-state index in [0.717, 1.165) is 9.54 Å². The number of hydrogen-bond acceptors (Lipinski definition) is 3.